The number of hydrogen-bond acceptors (Lipinski definition) is 4. The maximum absolute atomic E-state index is 11.3. The lowest BCUT2D eigenvalue weighted by Crippen LogP contribution is -2.10. The number of nitrogens with one attached hydrogen (secondary N) is 1. The molecule has 0 unspecified atom stereocenters. The van der Waals surface area contributed by atoms with E-state index in [1.54, 1.807) is 24.4 Å². The monoisotopic (exact) mass is 252 g/mol. The van der Waals surface area contributed by atoms with Gasteiger partial charge in [0.1, 0.15) is 5.75 Å². The van der Waals surface area contributed by atoms with Gasteiger partial charge in [-0.3, -0.25) is 9.71 Å². The van der Waals surface area contributed by atoms with Gasteiger partial charge in [-0.15, -0.1) is 0 Å². The minimum atomic E-state index is -3.34. The molecule has 0 saturated carbocycles. The summed E-state index contributed by atoms with van der Waals surface area (Å²) in [5.74, 6) is 0.580. The Balaban J connectivity index is 2.66. The largest absolute Gasteiger partial charge is 0.497 e. The molecule has 0 aliphatic carbocycles. The summed E-state index contributed by atoms with van der Waals surface area (Å²) in [6, 6.07) is 7.04. The number of methoxy groups -OCH3 is 1. The van der Waals surface area contributed by atoms with Crippen LogP contribution in [0.2, 0.25) is 0 Å². The molecular formula is C11H12N2O3S. The summed E-state index contributed by atoms with van der Waals surface area (Å²) in [7, 11) is -1.81. The quantitative estimate of drug-likeness (QED) is 0.901. The Morgan fingerprint density at radius 2 is 2.12 bits per heavy atom. The highest BCUT2D eigenvalue weighted by Crippen LogP contribution is 2.28. The highest BCUT2D eigenvalue weighted by atomic mass is 32.2. The van der Waals surface area contributed by atoms with Crippen LogP contribution in [-0.2, 0) is 10.0 Å². The van der Waals surface area contributed by atoms with E-state index in [4.69, 9.17) is 4.74 Å². The first kappa shape index (κ1) is 11.7. The van der Waals surface area contributed by atoms with Crippen molar-refractivity contribution in [3.8, 4) is 5.75 Å². The van der Waals surface area contributed by atoms with E-state index in [0.717, 1.165) is 11.6 Å². The van der Waals surface area contributed by atoms with Gasteiger partial charge in [0.25, 0.3) is 0 Å². The van der Waals surface area contributed by atoms with Gasteiger partial charge in [-0.25, -0.2) is 8.42 Å². The lowest BCUT2D eigenvalue weighted by molar-refractivity contribution is 0.415. The molecule has 1 aromatic carbocycles. The predicted octanol–water partition coefficient (Wildman–Crippen LogP) is 1.61. The Morgan fingerprint density at radius 1 is 1.35 bits per heavy atom. The molecule has 0 atom stereocenters. The average Bonchev–Trinajstić information content (AvgIpc) is 2.26. The number of anilines is 1. The fourth-order valence-corrected chi connectivity index (χ4v) is 2.12. The van der Waals surface area contributed by atoms with E-state index in [1.807, 2.05) is 6.07 Å². The molecule has 0 bridgehead atoms. The highest BCUT2D eigenvalue weighted by molar-refractivity contribution is 7.92. The topological polar surface area (TPSA) is 68.3 Å². The second kappa shape index (κ2) is 4.21. The molecule has 1 aromatic heterocycles. The van der Waals surface area contributed by atoms with Crippen LogP contribution >= 0.6 is 0 Å². The Hall–Kier alpha value is -1.82. The molecule has 1 N–H and O–H groups in total. The van der Waals surface area contributed by atoms with Gasteiger partial charge in [-0.05, 0) is 12.1 Å². The van der Waals surface area contributed by atoms with Gasteiger partial charge in [0.05, 0.1) is 24.6 Å². The van der Waals surface area contributed by atoms with Gasteiger partial charge < -0.3 is 4.74 Å². The number of aromatic nitrogens is 1. The van der Waals surface area contributed by atoms with Crippen molar-refractivity contribution in [2.45, 2.75) is 0 Å². The van der Waals surface area contributed by atoms with Crippen LogP contribution in [-0.4, -0.2) is 26.8 Å². The molecule has 6 heteroatoms. The molecule has 17 heavy (non-hydrogen) atoms. The minimum absolute atomic E-state index is 0.419. The summed E-state index contributed by atoms with van der Waals surface area (Å²) in [6.07, 6.45) is 2.71. The van der Waals surface area contributed by atoms with E-state index in [1.165, 1.54) is 7.11 Å². The summed E-state index contributed by atoms with van der Waals surface area (Å²) < 4.78 is 30.1. The number of sulfonamides is 1. The number of ether oxygens (including phenoxy) is 1. The molecule has 90 valence electrons. The van der Waals surface area contributed by atoms with E-state index in [2.05, 4.69) is 9.71 Å². The van der Waals surface area contributed by atoms with Crippen LogP contribution in [0.25, 0.3) is 10.9 Å². The van der Waals surface area contributed by atoms with Gasteiger partial charge in [0.2, 0.25) is 10.0 Å². The van der Waals surface area contributed by atoms with Crippen molar-refractivity contribution in [1.29, 1.82) is 0 Å². The molecular weight excluding hydrogens is 240 g/mol. The fraction of sp³-hybridized carbons (Fsp3) is 0.182. The van der Waals surface area contributed by atoms with Crippen LogP contribution < -0.4 is 9.46 Å². The molecule has 2 rings (SSSR count). The maximum atomic E-state index is 11.3. The number of benzene rings is 1. The number of hydrogen-bond donors (Lipinski definition) is 1. The van der Waals surface area contributed by atoms with Crippen molar-refractivity contribution in [3.05, 3.63) is 30.5 Å². The molecule has 0 aliphatic rings. The normalized spacial score (nSPS) is 11.4. The average molecular weight is 252 g/mol. The number of pyridine rings is 1. The number of fused-ring (bicyclic) bond motifs is 1. The Bertz CT molecular complexity index is 653. The Kier molecular flexibility index (Phi) is 2.89. The third-order valence-electron chi connectivity index (χ3n) is 2.21. The van der Waals surface area contributed by atoms with Gasteiger partial charge in [-0.1, -0.05) is 6.07 Å². The summed E-state index contributed by atoms with van der Waals surface area (Å²) in [4.78, 5) is 4.16. The van der Waals surface area contributed by atoms with Gasteiger partial charge in [0, 0.05) is 17.6 Å². The molecule has 0 saturated heterocycles. The first-order valence-electron chi connectivity index (χ1n) is 4.90. The standard InChI is InChI=1S/C11H12N2O3S/c1-16-9-6-8-4-3-5-12-11(8)10(7-9)13-17(2,14)15/h3-7,13H,1-2H3. The van der Waals surface area contributed by atoms with Crippen molar-refractivity contribution in [3.63, 3.8) is 0 Å². The third-order valence-corrected chi connectivity index (χ3v) is 2.80. The number of nitrogens with zero attached hydrogens (tertiary/aromatic N) is 1. The SMILES string of the molecule is COc1cc(NS(C)(=O)=O)c2ncccc2c1. The zero-order chi connectivity index (χ0) is 12.5. The van der Waals surface area contributed by atoms with Crippen LogP contribution in [0.15, 0.2) is 30.5 Å². The predicted molar refractivity (Wildman–Crippen MR) is 66.8 cm³/mol. The summed E-state index contributed by atoms with van der Waals surface area (Å²) in [5, 5.41) is 0.818. The molecule has 5 nitrogen and oxygen atoms in total. The van der Waals surface area contributed by atoms with Crippen LogP contribution in [0.3, 0.4) is 0 Å². The summed E-state index contributed by atoms with van der Waals surface area (Å²) in [6.45, 7) is 0. The smallest absolute Gasteiger partial charge is 0.229 e. The Labute approximate surface area is 99.5 Å². The second-order valence-electron chi connectivity index (χ2n) is 3.62. The molecule has 0 amide bonds. The van der Waals surface area contributed by atoms with Crippen molar-refractivity contribution in [1.82, 2.24) is 4.98 Å². The second-order valence-corrected chi connectivity index (χ2v) is 5.37. The van der Waals surface area contributed by atoms with Gasteiger partial charge in [0.15, 0.2) is 0 Å². The maximum Gasteiger partial charge on any atom is 0.229 e. The van der Waals surface area contributed by atoms with Crippen LogP contribution in [0, 0.1) is 0 Å². The van der Waals surface area contributed by atoms with Crippen LogP contribution in [0.5, 0.6) is 5.75 Å². The molecule has 2 aromatic rings. The summed E-state index contributed by atoms with van der Waals surface area (Å²) in [5.41, 5.74) is 1.01. The minimum Gasteiger partial charge on any atom is -0.497 e. The van der Waals surface area contributed by atoms with Crippen molar-refractivity contribution in [2.24, 2.45) is 0 Å². The lowest BCUT2D eigenvalue weighted by atomic mass is 10.2. The molecule has 1 heterocycles. The van der Waals surface area contributed by atoms with Gasteiger partial charge in [-0.2, -0.15) is 0 Å². The van der Waals surface area contributed by atoms with Crippen molar-refractivity contribution < 1.29 is 13.2 Å². The lowest BCUT2D eigenvalue weighted by Gasteiger charge is -2.09. The highest BCUT2D eigenvalue weighted by Gasteiger charge is 2.09. The van der Waals surface area contributed by atoms with Crippen LogP contribution in [0.4, 0.5) is 5.69 Å². The Morgan fingerprint density at radius 3 is 2.76 bits per heavy atom. The van der Waals surface area contributed by atoms with Gasteiger partial charge >= 0.3 is 0 Å². The van der Waals surface area contributed by atoms with Crippen LogP contribution in [0.1, 0.15) is 0 Å². The van der Waals surface area contributed by atoms with E-state index in [0.29, 0.717) is 17.0 Å². The van der Waals surface area contributed by atoms with E-state index in [-0.39, 0.29) is 0 Å². The first-order chi connectivity index (χ1) is 7.99. The van der Waals surface area contributed by atoms with E-state index >= 15 is 0 Å². The van der Waals surface area contributed by atoms with E-state index in [9.17, 15) is 8.42 Å². The van der Waals surface area contributed by atoms with E-state index < -0.39 is 10.0 Å². The first-order valence-corrected chi connectivity index (χ1v) is 6.79. The van der Waals surface area contributed by atoms with Crippen molar-refractivity contribution >= 4 is 26.6 Å². The molecule has 0 radical (unpaired) electrons. The van der Waals surface area contributed by atoms with Crippen molar-refractivity contribution in [2.75, 3.05) is 18.1 Å². The molecule has 0 spiro atoms. The number of rotatable bonds is 3. The molecule has 0 aliphatic heterocycles. The third kappa shape index (κ3) is 2.65. The zero-order valence-corrected chi connectivity index (χ0v) is 10.3. The fourth-order valence-electron chi connectivity index (χ4n) is 1.56. The summed E-state index contributed by atoms with van der Waals surface area (Å²) >= 11 is 0. The zero-order valence-electron chi connectivity index (χ0n) is 9.47. The molecule has 0 fully saturated rings.